The number of rotatable bonds is 3. The number of carbonyl (C=O) groups is 2. The third kappa shape index (κ3) is 3.12. The Balaban J connectivity index is 2.28. The van der Waals surface area contributed by atoms with Gasteiger partial charge in [-0.2, -0.15) is 0 Å². The Hall–Kier alpha value is -1.99. The molecule has 0 saturated heterocycles. The molecule has 2 heterocycles. The van der Waals surface area contributed by atoms with Crippen LogP contribution in [0.5, 0.6) is 0 Å². The zero-order valence-electron chi connectivity index (χ0n) is 9.80. The Morgan fingerprint density at radius 3 is 2.75 bits per heavy atom. The Morgan fingerprint density at radius 1 is 1.35 bits per heavy atom. The highest BCUT2D eigenvalue weighted by molar-refractivity contribution is 9.10. The first-order chi connectivity index (χ1) is 9.49. The molecule has 2 aromatic heterocycles. The number of hydrogen-bond donors (Lipinski definition) is 2. The molecule has 0 aromatic carbocycles. The third-order valence-corrected chi connectivity index (χ3v) is 3.44. The monoisotopic (exact) mass is 355 g/mol. The molecule has 0 fully saturated rings. The van der Waals surface area contributed by atoms with Crippen molar-refractivity contribution < 1.29 is 14.7 Å². The van der Waals surface area contributed by atoms with E-state index in [9.17, 15) is 9.59 Å². The molecular formula is C12H7BrClN3O3. The van der Waals surface area contributed by atoms with Crippen molar-refractivity contribution in [3.8, 4) is 0 Å². The fourth-order valence-corrected chi connectivity index (χ4v) is 1.89. The van der Waals surface area contributed by atoms with Crippen molar-refractivity contribution in [1.82, 2.24) is 9.97 Å². The molecule has 0 unspecified atom stereocenters. The number of anilines is 1. The van der Waals surface area contributed by atoms with Gasteiger partial charge in [0.1, 0.15) is 10.8 Å². The maximum atomic E-state index is 12.0. The topological polar surface area (TPSA) is 92.2 Å². The molecule has 0 radical (unpaired) electrons. The van der Waals surface area contributed by atoms with Gasteiger partial charge in [0.05, 0.1) is 21.9 Å². The lowest BCUT2D eigenvalue weighted by Crippen LogP contribution is -2.18. The Labute approximate surface area is 126 Å². The number of aromatic carboxylic acids is 1. The van der Waals surface area contributed by atoms with E-state index in [2.05, 4.69) is 31.2 Å². The lowest BCUT2D eigenvalue weighted by Gasteiger charge is -2.07. The molecule has 20 heavy (non-hydrogen) atoms. The van der Waals surface area contributed by atoms with Crippen LogP contribution in [0.25, 0.3) is 0 Å². The fourth-order valence-electron chi connectivity index (χ4n) is 1.44. The van der Waals surface area contributed by atoms with Crippen molar-refractivity contribution in [3.63, 3.8) is 0 Å². The summed E-state index contributed by atoms with van der Waals surface area (Å²) in [4.78, 5) is 30.7. The molecule has 102 valence electrons. The van der Waals surface area contributed by atoms with Crippen LogP contribution < -0.4 is 5.32 Å². The summed E-state index contributed by atoms with van der Waals surface area (Å²) in [5.41, 5.74) is 0.0188. The van der Waals surface area contributed by atoms with Gasteiger partial charge in [0.15, 0.2) is 0 Å². The van der Waals surface area contributed by atoms with Gasteiger partial charge in [0, 0.05) is 6.20 Å². The summed E-state index contributed by atoms with van der Waals surface area (Å²) in [6.07, 6.45) is 2.70. The summed E-state index contributed by atoms with van der Waals surface area (Å²) in [5.74, 6) is -1.86. The van der Waals surface area contributed by atoms with Crippen LogP contribution in [0.3, 0.4) is 0 Å². The molecular weight excluding hydrogens is 350 g/mol. The molecule has 0 atom stereocenters. The Morgan fingerprint density at radius 2 is 2.10 bits per heavy atom. The molecule has 2 aromatic rings. The van der Waals surface area contributed by atoms with Crippen molar-refractivity contribution in [2.75, 3.05) is 5.32 Å². The minimum Gasteiger partial charge on any atom is -0.478 e. The number of amides is 1. The summed E-state index contributed by atoms with van der Waals surface area (Å²) in [5, 5.41) is 11.8. The van der Waals surface area contributed by atoms with Gasteiger partial charge in [-0.1, -0.05) is 11.6 Å². The molecule has 6 nitrogen and oxygen atoms in total. The number of hydrogen-bond acceptors (Lipinski definition) is 4. The van der Waals surface area contributed by atoms with E-state index >= 15 is 0 Å². The van der Waals surface area contributed by atoms with Gasteiger partial charge < -0.3 is 10.4 Å². The second-order valence-electron chi connectivity index (χ2n) is 3.66. The Bertz CT molecular complexity index is 693. The summed E-state index contributed by atoms with van der Waals surface area (Å²) in [6.45, 7) is 0. The quantitative estimate of drug-likeness (QED) is 0.825. The number of nitrogens with one attached hydrogen (secondary N) is 1. The van der Waals surface area contributed by atoms with E-state index in [0.29, 0.717) is 10.2 Å². The third-order valence-electron chi connectivity index (χ3n) is 2.31. The van der Waals surface area contributed by atoms with Crippen molar-refractivity contribution in [3.05, 3.63) is 51.5 Å². The zero-order valence-corrected chi connectivity index (χ0v) is 12.1. The normalized spacial score (nSPS) is 10.1. The van der Waals surface area contributed by atoms with Crippen LogP contribution in [-0.4, -0.2) is 27.0 Å². The van der Waals surface area contributed by atoms with E-state index in [4.69, 9.17) is 16.7 Å². The molecule has 2 N–H and O–H groups in total. The van der Waals surface area contributed by atoms with Gasteiger partial charge >= 0.3 is 5.97 Å². The molecule has 2 rings (SSSR count). The van der Waals surface area contributed by atoms with Gasteiger partial charge in [-0.25, -0.2) is 9.78 Å². The number of halogens is 2. The second kappa shape index (κ2) is 5.98. The number of carboxylic acid groups (broad SMARTS) is 1. The van der Waals surface area contributed by atoms with Crippen LogP contribution in [-0.2, 0) is 0 Å². The average Bonchev–Trinajstić information content (AvgIpc) is 2.43. The van der Waals surface area contributed by atoms with E-state index in [0.717, 1.165) is 0 Å². The predicted molar refractivity (Wildman–Crippen MR) is 76.1 cm³/mol. The number of carboxylic acids is 1. The largest absolute Gasteiger partial charge is 0.478 e. The highest BCUT2D eigenvalue weighted by Crippen LogP contribution is 2.23. The standard InChI is InChI=1S/C12H7BrClN3O3/c13-8-4-6(5-16-10(8)14)17-11(18)9-7(12(19)20)2-1-3-15-9/h1-5H,(H,17,18)(H,19,20). The first-order valence-electron chi connectivity index (χ1n) is 5.29. The number of pyridine rings is 2. The SMILES string of the molecule is O=C(O)c1cccnc1C(=O)Nc1cnc(Cl)c(Br)c1. The minimum atomic E-state index is -1.22. The van der Waals surface area contributed by atoms with Gasteiger partial charge in [0.25, 0.3) is 5.91 Å². The van der Waals surface area contributed by atoms with Crippen LogP contribution in [0.1, 0.15) is 20.8 Å². The first-order valence-corrected chi connectivity index (χ1v) is 6.47. The van der Waals surface area contributed by atoms with Crippen molar-refractivity contribution in [2.24, 2.45) is 0 Å². The second-order valence-corrected chi connectivity index (χ2v) is 4.87. The first kappa shape index (κ1) is 14.4. The Kier molecular flexibility index (Phi) is 4.31. The summed E-state index contributed by atoms with van der Waals surface area (Å²) in [6, 6.07) is 4.30. The van der Waals surface area contributed by atoms with E-state index < -0.39 is 11.9 Å². The summed E-state index contributed by atoms with van der Waals surface area (Å²) >= 11 is 8.91. The highest BCUT2D eigenvalue weighted by atomic mass is 79.9. The van der Waals surface area contributed by atoms with E-state index in [-0.39, 0.29) is 16.4 Å². The summed E-state index contributed by atoms with van der Waals surface area (Å²) < 4.78 is 0.511. The van der Waals surface area contributed by atoms with E-state index in [1.165, 1.54) is 24.5 Å². The summed E-state index contributed by atoms with van der Waals surface area (Å²) in [7, 11) is 0. The van der Waals surface area contributed by atoms with Crippen LogP contribution in [0.2, 0.25) is 5.15 Å². The van der Waals surface area contributed by atoms with Crippen molar-refractivity contribution >= 4 is 45.1 Å². The molecule has 0 bridgehead atoms. The molecule has 0 saturated carbocycles. The minimum absolute atomic E-state index is 0.175. The highest BCUT2D eigenvalue weighted by Gasteiger charge is 2.18. The fraction of sp³-hybridized carbons (Fsp3) is 0. The molecule has 1 amide bonds. The van der Waals surface area contributed by atoms with Crippen LogP contribution in [0, 0.1) is 0 Å². The smallest absolute Gasteiger partial charge is 0.338 e. The number of carbonyl (C=O) groups excluding carboxylic acids is 1. The maximum absolute atomic E-state index is 12.0. The van der Waals surface area contributed by atoms with Crippen LogP contribution in [0.15, 0.2) is 35.1 Å². The van der Waals surface area contributed by atoms with Gasteiger partial charge in [-0.15, -0.1) is 0 Å². The molecule has 0 aliphatic heterocycles. The van der Waals surface area contributed by atoms with Crippen LogP contribution >= 0.6 is 27.5 Å². The van der Waals surface area contributed by atoms with Crippen molar-refractivity contribution in [2.45, 2.75) is 0 Å². The lowest BCUT2D eigenvalue weighted by atomic mass is 10.2. The van der Waals surface area contributed by atoms with Crippen molar-refractivity contribution in [1.29, 1.82) is 0 Å². The predicted octanol–water partition coefficient (Wildman–Crippen LogP) is 2.84. The molecule has 8 heteroatoms. The number of nitrogens with zero attached hydrogens (tertiary/aromatic N) is 2. The maximum Gasteiger partial charge on any atom is 0.338 e. The molecule has 0 aliphatic carbocycles. The number of aromatic nitrogens is 2. The van der Waals surface area contributed by atoms with Crippen LogP contribution in [0.4, 0.5) is 5.69 Å². The van der Waals surface area contributed by atoms with E-state index in [1.54, 1.807) is 6.07 Å². The van der Waals surface area contributed by atoms with Gasteiger partial charge in [-0.3, -0.25) is 9.78 Å². The average molecular weight is 357 g/mol. The van der Waals surface area contributed by atoms with E-state index in [1.807, 2.05) is 0 Å². The lowest BCUT2D eigenvalue weighted by molar-refractivity contribution is 0.0691. The van der Waals surface area contributed by atoms with Gasteiger partial charge in [0.2, 0.25) is 0 Å². The van der Waals surface area contributed by atoms with Gasteiger partial charge in [-0.05, 0) is 34.1 Å². The molecule has 0 aliphatic rings. The zero-order chi connectivity index (χ0) is 14.7. The molecule has 0 spiro atoms.